The zero-order valence-electron chi connectivity index (χ0n) is 74.0. The van der Waals surface area contributed by atoms with Crippen LogP contribution in [0.4, 0.5) is 50.4 Å². The maximum atomic E-state index is 13.1. The van der Waals surface area contributed by atoms with Gasteiger partial charge in [0.1, 0.15) is 41.8 Å². The number of aryl methyl sites for hydroxylation is 2. The molecule has 30 nitrogen and oxygen atoms in total. The van der Waals surface area contributed by atoms with Crippen LogP contribution in [0.2, 0.25) is 0 Å². The Kier molecular flexibility index (Phi) is 44.7. The van der Waals surface area contributed by atoms with E-state index in [2.05, 4.69) is 79.8 Å². The van der Waals surface area contributed by atoms with Crippen molar-refractivity contribution >= 4 is 117 Å². The van der Waals surface area contributed by atoms with Gasteiger partial charge >= 0.3 is 6.18 Å². The molecule has 0 unspecified atom stereocenters. The van der Waals surface area contributed by atoms with Crippen LogP contribution < -0.4 is 79.8 Å². The minimum absolute atomic E-state index is 0.0341. The summed E-state index contributed by atoms with van der Waals surface area (Å²) in [7, 11) is 0. The van der Waals surface area contributed by atoms with Crippen molar-refractivity contribution in [3.8, 4) is 0 Å². The summed E-state index contributed by atoms with van der Waals surface area (Å²) in [5, 5.41) is 38.3. The first kappa shape index (κ1) is 106. The van der Waals surface area contributed by atoms with Crippen molar-refractivity contribution in [3.63, 3.8) is 0 Å². The maximum Gasteiger partial charge on any atom is 0.416 e. The second kappa shape index (κ2) is 56.3. The summed E-state index contributed by atoms with van der Waals surface area (Å²) in [5.41, 5.74) is 7.59. The molecule has 133 heavy (non-hydrogen) atoms. The molecule has 0 bridgehead atoms. The number of alkyl halides is 3. The number of halogens is 5. The first-order chi connectivity index (χ1) is 63.4. The molecule has 10 aromatic carbocycles. The van der Waals surface area contributed by atoms with Gasteiger partial charge < -0.3 is 79.8 Å². The minimum Gasteiger partial charge on any atom is -0.345 e. The molecule has 5 atom stereocenters. The van der Waals surface area contributed by atoms with Crippen molar-refractivity contribution in [2.24, 2.45) is 0 Å². The molecule has 0 aliphatic heterocycles. The van der Waals surface area contributed by atoms with Crippen LogP contribution in [0, 0.1) is 25.5 Å². The van der Waals surface area contributed by atoms with Gasteiger partial charge in [0.15, 0.2) is 0 Å². The second-order valence-corrected chi connectivity index (χ2v) is 29.9. The zero-order chi connectivity index (χ0) is 97.2. The Morgan fingerprint density at radius 2 is 0.481 bits per heavy atom. The lowest BCUT2D eigenvalue weighted by Crippen LogP contribution is -2.47. The molecule has 35 heteroatoms. The lowest BCUT2D eigenvalue weighted by Gasteiger charge is -2.14. The molecular weight excluding hydrogens is 1720 g/mol. The molecule has 15 N–H and O–H groups in total. The van der Waals surface area contributed by atoms with Crippen LogP contribution in [0.5, 0.6) is 0 Å². The predicted octanol–water partition coefficient (Wildman–Crippen LogP) is 9.36. The van der Waals surface area contributed by atoms with E-state index in [0.29, 0.717) is 39.6 Å². The number of carbonyl (C=O) groups is 15. The van der Waals surface area contributed by atoms with E-state index >= 15 is 0 Å². The van der Waals surface area contributed by atoms with Crippen molar-refractivity contribution in [3.05, 3.63) is 329 Å². The number of hydrogen-bond acceptors (Lipinski definition) is 15. The number of hydrogen-bond donors (Lipinski definition) is 15. The molecule has 0 aliphatic rings. The van der Waals surface area contributed by atoms with E-state index < -0.39 is 95.0 Å². The fraction of sp³-hybridized carbons (Fsp3) is 0.235. The third-order valence-corrected chi connectivity index (χ3v) is 18.3. The van der Waals surface area contributed by atoms with E-state index in [1.165, 1.54) is 75.4 Å². The van der Waals surface area contributed by atoms with Crippen molar-refractivity contribution in [2.75, 3.05) is 59.3 Å². The van der Waals surface area contributed by atoms with Gasteiger partial charge in [0.25, 0.3) is 0 Å². The summed E-state index contributed by atoms with van der Waals surface area (Å²) < 4.78 is 64.1. The van der Waals surface area contributed by atoms with Gasteiger partial charge in [-0.1, -0.05) is 193 Å². The van der Waals surface area contributed by atoms with Gasteiger partial charge in [-0.15, -0.1) is 0 Å². The first-order valence-corrected chi connectivity index (χ1v) is 41.8. The van der Waals surface area contributed by atoms with Crippen LogP contribution in [0.25, 0.3) is 0 Å². The summed E-state index contributed by atoms with van der Waals surface area (Å²) >= 11 is 0. The second-order valence-electron chi connectivity index (χ2n) is 29.9. The highest BCUT2D eigenvalue weighted by atomic mass is 19.4. The van der Waals surface area contributed by atoms with Crippen LogP contribution in [0.15, 0.2) is 273 Å². The van der Waals surface area contributed by atoms with Gasteiger partial charge in [0.05, 0.1) is 70.4 Å². The van der Waals surface area contributed by atoms with Gasteiger partial charge in [0, 0.05) is 28.4 Å². The van der Waals surface area contributed by atoms with Gasteiger partial charge in [0.2, 0.25) is 88.6 Å². The van der Waals surface area contributed by atoms with E-state index in [9.17, 15) is 93.9 Å². The summed E-state index contributed by atoms with van der Waals surface area (Å²) in [6.45, 7) is 10.5. The zero-order valence-corrected chi connectivity index (χ0v) is 74.0. The number of benzene rings is 10. The average molecular weight is 1830 g/mol. The van der Waals surface area contributed by atoms with E-state index in [0.717, 1.165) is 34.4 Å². The topological polar surface area (TPSA) is 436 Å². The smallest absolute Gasteiger partial charge is 0.345 e. The summed E-state index contributed by atoms with van der Waals surface area (Å²) in [6.07, 6.45) is -4.41. The molecule has 0 aromatic heterocycles. The lowest BCUT2D eigenvalue weighted by molar-refractivity contribution is -0.138. The predicted molar refractivity (Wildman–Crippen MR) is 494 cm³/mol. The van der Waals surface area contributed by atoms with Gasteiger partial charge in [-0.3, -0.25) is 71.9 Å². The average Bonchev–Trinajstić information content (AvgIpc) is 0.844. The Balaban J connectivity index is 0.000000256. The fourth-order valence-electron chi connectivity index (χ4n) is 11.6. The Morgan fingerprint density at radius 3 is 0.744 bits per heavy atom. The minimum atomic E-state index is -4.50. The monoisotopic (exact) mass is 1830 g/mol. The molecule has 0 saturated carbocycles. The number of rotatable bonds is 35. The van der Waals surface area contributed by atoms with Crippen LogP contribution in [-0.2, 0) is 110 Å². The highest BCUT2D eigenvalue weighted by molar-refractivity contribution is 6.00. The van der Waals surface area contributed by atoms with Crippen LogP contribution in [0.3, 0.4) is 0 Å². The Labute approximate surface area is 765 Å². The Hall–Kier alpha value is -16.1. The molecule has 0 spiro atoms. The van der Waals surface area contributed by atoms with E-state index in [1.807, 2.05) is 86.6 Å². The molecule has 10 rings (SSSR count). The molecule has 15 amide bonds. The summed E-state index contributed by atoms with van der Waals surface area (Å²) in [6, 6.07) is 71.2. The van der Waals surface area contributed by atoms with Gasteiger partial charge in [-0.05, 0) is 167 Å². The van der Waals surface area contributed by atoms with Crippen LogP contribution >= 0.6 is 0 Å². The molecule has 698 valence electrons. The van der Waals surface area contributed by atoms with E-state index in [1.54, 1.807) is 147 Å². The quantitative estimate of drug-likeness (QED) is 0.0164. The Bertz CT molecular complexity index is 5260. The molecule has 0 fully saturated rings. The molecule has 0 heterocycles. The van der Waals surface area contributed by atoms with Crippen LogP contribution in [-0.4, -0.2) is 152 Å². The summed E-state index contributed by atoms with van der Waals surface area (Å²) in [5.74, 6) is -6.89. The van der Waals surface area contributed by atoms with Crippen molar-refractivity contribution in [2.45, 2.75) is 117 Å². The third kappa shape index (κ3) is 44.0. The molecule has 0 aliphatic carbocycles. The normalized spacial score (nSPS) is 11.5. The van der Waals surface area contributed by atoms with Crippen molar-refractivity contribution in [1.29, 1.82) is 0 Å². The standard InChI is InChI=1S/C20H20F3N3O3.2C20H23N3O3.2C19H20FN3O3/c1-13(19(29)24-12-18(28)26-16-8-3-2-4-9-16)25-17(27)11-14-6-5-7-15(10-14)20(21,22)23;1-14-7-6-8-16(11-14)12-18(24)22-15(2)20(26)21-13-19(25)23-17-9-4-3-5-10-17;1-14-8-10-16(11-9-14)12-18(24)22-15(2)20(26)21-13-19(25)23-17-6-4-3-5-7-17;1-13(22-17(24)11-14-6-5-7-15(20)10-14)19(26)21-12-18(25)23-16-8-3-2-4-9-16;1-13(22-17(24)11-14-7-9-15(20)10-8-14)19(26)21-12-18(25)23-16-5-3-2-4-6-16/h2-10,13H,11-12H2,1H3,(H,24,29)(H,25,27)(H,26,28);2*3-11,15H,12-13H2,1-2H3,(H,21,26)(H,22,24)(H,23,25);2*2-10,13H,11-12H2,1H3,(H,21,26)(H,22,24)(H,23,25)/t13-;2*15-;2*13-/m00000/s1. The summed E-state index contributed by atoms with van der Waals surface area (Å²) in [4.78, 5) is 179. The fourth-order valence-corrected chi connectivity index (χ4v) is 11.6. The first-order valence-electron chi connectivity index (χ1n) is 41.8. The number of anilines is 5. The molecule has 0 saturated heterocycles. The Morgan fingerprint density at radius 1 is 0.241 bits per heavy atom. The third-order valence-electron chi connectivity index (χ3n) is 18.3. The van der Waals surface area contributed by atoms with Crippen molar-refractivity contribution in [1.82, 2.24) is 53.2 Å². The van der Waals surface area contributed by atoms with E-state index in [4.69, 9.17) is 0 Å². The number of amides is 15. The van der Waals surface area contributed by atoms with Crippen LogP contribution in [0.1, 0.15) is 79.1 Å². The lowest BCUT2D eigenvalue weighted by atomic mass is 10.1. The SMILES string of the molecule is C[C@H](NC(=O)Cc1ccc(F)cc1)C(=O)NCC(=O)Nc1ccccc1.C[C@H](NC(=O)Cc1cccc(C(F)(F)F)c1)C(=O)NCC(=O)Nc1ccccc1.C[C@H](NC(=O)Cc1cccc(F)c1)C(=O)NCC(=O)Nc1ccccc1.Cc1ccc(CC(=O)N[C@@H](C)C(=O)NCC(=O)Nc2ccccc2)cc1.Cc1cccc(CC(=O)N[C@@H](C)C(=O)NCC(=O)Nc2ccccc2)c1. The van der Waals surface area contributed by atoms with E-state index in [-0.39, 0.29) is 118 Å². The number of nitrogens with one attached hydrogen (secondary N) is 15. The largest absolute Gasteiger partial charge is 0.416 e. The van der Waals surface area contributed by atoms with Gasteiger partial charge in [-0.25, -0.2) is 8.78 Å². The molecule has 0 radical (unpaired) electrons. The highest BCUT2D eigenvalue weighted by Crippen LogP contribution is 2.30. The number of para-hydroxylation sites is 5. The molecule has 10 aromatic rings. The van der Waals surface area contributed by atoms with Gasteiger partial charge in [-0.2, -0.15) is 13.2 Å². The maximum absolute atomic E-state index is 13.1. The number of carbonyl (C=O) groups excluding carboxylic acids is 15. The highest BCUT2D eigenvalue weighted by Gasteiger charge is 2.31. The van der Waals surface area contributed by atoms with Crippen molar-refractivity contribution < 1.29 is 93.9 Å². The molecular formula is C98H106F5N15O15.